The first-order valence-corrected chi connectivity index (χ1v) is 9.44. The van der Waals surface area contributed by atoms with E-state index >= 15 is 0 Å². The third-order valence-electron chi connectivity index (χ3n) is 5.77. The second-order valence-corrected chi connectivity index (χ2v) is 8.17. The lowest BCUT2D eigenvalue weighted by Gasteiger charge is -2.43. The Bertz CT molecular complexity index is 1040. The standard InChI is InChI=1S/C22H22N2O4/c1-12-10-22(2,3)24-20-15(12)8-14(26-4)9-16(20)19(21(24)25)23-13-5-6-17-18(7-13)28-11-27-17/h5-9,12H,10-11H2,1-4H3/t12-/m1/s1. The molecule has 3 aliphatic heterocycles. The third-order valence-corrected chi connectivity index (χ3v) is 5.77. The van der Waals surface area contributed by atoms with Crippen molar-refractivity contribution in [2.24, 2.45) is 4.99 Å². The molecule has 0 saturated heterocycles. The zero-order chi connectivity index (χ0) is 19.6. The van der Waals surface area contributed by atoms with Gasteiger partial charge in [-0.1, -0.05) is 6.92 Å². The highest BCUT2D eigenvalue weighted by atomic mass is 16.7. The molecule has 0 saturated carbocycles. The van der Waals surface area contributed by atoms with Gasteiger partial charge in [0.1, 0.15) is 11.5 Å². The van der Waals surface area contributed by atoms with E-state index in [0.717, 1.165) is 29.0 Å². The van der Waals surface area contributed by atoms with E-state index < -0.39 is 0 Å². The minimum absolute atomic E-state index is 0.0703. The number of fused-ring (bicyclic) bond motifs is 1. The summed E-state index contributed by atoms with van der Waals surface area (Å²) in [6.07, 6.45) is 0.885. The van der Waals surface area contributed by atoms with Gasteiger partial charge in [0.05, 0.1) is 18.5 Å². The second kappa shape index (κ2) is 5.74. The van der Waals surface area contributed by atoms with Gasteiger partial charge in [0.25, 0.3) is 5.91 Å². The lowest BCUT2D eigenvalue weighted by molar-refractivity contribution is -0.113. The molecule has 0 bridgehead atoms. The topological polar surface area (TPSA) is 60.4 Å². The molecule has 6 heteroatoms. The maximum Gasteiger partial charge on any atom is 0.278 e. The number of nitrogens with zero attached hydrogens (tertiary/aromatic N) is 2. The van der Waals surface area contributed by atoms with Crippen LogP contribution in [0.3, 0.4) is 0 Å². The van der Waals surface area contributed by atoms with Gasteiger partial charge in [-0.2, -0.15) is 0 Å². The van der Waals surface area contributed by atoms with E-state index in [1.165, 1.54) is 0 Å². The van der Waals surface area contributed by atoms with E-state index in [1.54, 1.807) is 13.2 Å². The summed E-state index contributed by atoms with van der Waals surface area (Å²) in [5.41, 5.74) is 3.76. The van der Waals surface area contributed by atoms with Gasteiger partial charge in [0.15, 0.2) is 11.5 Å². The molecule has 5 rings (SSSR count). The van der Waals surface area contributed by atoms with Gasteiger partial charge < -0.3 is 19.1 Å². The van der Waals surface area contributed by atoms with Crippen LogP contribution in [0.5, 0.6) is 17.2 Å². The number of hydrogen-bond donors (Lipinski definition) is 0. The molecule has 0 unspecified atom stereocenters. The fourth-order valence-corrected chi connectivity index (χ4v) is 4.60. The number of carbonyl (C=O) groups is 1. The van der Waals surface area contributed by atoms with Gasteiger partial charge in [0.2, 0.25) is 6.79 Å². The molecule has 1 amide bonds. The Kier molecular flexibility index (Phi) is 3.50. The van der Waals surface area contributed by atoms with E-state index in [9.17, 15) is 4.79 Å². The van der Waals surface area contributed by atoms with Crippen LogP contribution in [0.4, 0.5) is 11.4 Å². The number of rotatable bonds is 2. The highest BCUT2D eigenvalue weighted by Crippen LogP contribution is 2.50. The maximum atomic E-state index is 13.4. The van der Waals surface area contributed by atoms with Gasteiger partial charge in [-0.05, 0) is 56.0 Å². The number of hydrogen-bond acceptors (Lipinski definition) is 5. The lowest BCUT2D eigenvalue weighted by Crippen LogP contribution is -2.50. The number of methoxy groups -OCH3 is 1. The van der Waals surface area contributed by atoms with Crippen LogP contribution in [0.2, 0.25) is 0 Å². The van der Waals surface area contributed by atoms with E-state index in [-0.39, 0.29) is 18.2 Å². The normalized spacial score (nSPS) is 22.6. The van der Waals surface area contributed by atoms with Gasteiger partial charge >= 0.3 is 0 Å². The Morgan fingerprint density at radius 1 is 1.18 bits per heavy atom. The Morgan fingerprint density at radius 2 is 1.96 bits per heavy atom. The number of benzene rings is 2. The number of anilines is 1. The molecule has 28 heavy (non-hydrogen) atoms. The Labute approximate surface area is 163 Å². The molecule has 2 aromatic rings. The largest absolute Gasteiger partial charge is 0.497 e. The molecule has 2 aromatic carbocycles. The first-order chi connectivity index (χ1) is 13.4. The van der Waals surface area contributed by atoms with Crippen molar-refractivity contribution in [3.05, 3.63) is 41.5 Å². The highest BCUT2D eigenvalue weighted by Gasteiger charge is 2.48. The number of ether oxygens (including phenoxy) is 3. The molecular formula is C22H22N2O4. The molecule has 0 aliphatic carbocycles. The van der Waals surface area contributed by atoms with E-state index in [1.807, 2.05) is 29.2 Å². The monoisotopic (exact) mass is 378 g/mol. The van der Waals surface area contributed by atoms with Gasteiger partial charge in [-0.25, -0.2) is 4.99 Å². The zero-order valence-corrected chi connectivity index (χ0v) is 16.4. The van der Waals surface area contributed by atoms with Gasteiger partial charge in [-0.15, -0.1) is 0 Å². The average molecular weight is 378 g/mol. The van der Waals surface area contributed by atoms with Crippen LogP contribution in [0.1, 0.15) is 44.2 Å². The van der Waals surface area contributed by atoms with E-state index in [0.29, 0.717) is 28.8 Å². The van der Waals surface area contributed by atoms with Crippen molar-refractivity contribution < 1.29 is 19.0 Å². The minimum atomic E-state index is -0.279. The van der Waals surface area contributed by atoms with E-state index in [2.05, 4.69) is 20.8 Å². The van der Waals surface area contributed by atoms with Crippen LogP contribution in [0, 0.1) is 0 Å². The number of aliphatic imine (C=N–C) groups is 1. The quantitative estimate of drug-likeness (QED) is 0.787. The Hall–Kier alpha value is -3.02. The van der Waals surface area contributed by atoms with Crippen molar-refractivity contribution in [2.75, 3.05) is 18.8 Å². The lowest BCUT2D eigenvalue weighted by atomic mass is 9.80. The zero-order valence-electron chi connectivity index (χ0n) is 16.4. The van der Waals surface area contributed by atoms with Crippen LogP contribution in [-0.2, 0) is 4.79 Å². The molecule has 0 fully saturated rings. The maximum absolute atomic E-state index is 13.4. The molecule has 1 atom stereocenters. The highest BCUT2D eigenvalue weighted by molar-refractivity contribution is 6.55. The summed E-state index contributed by atoms with van der Waals surface area (Å²) in [5, 5.41) is 0. The molecule has 0 aromatic heterocycles. The predicted octanol–water partition coefficient (Wildman–Crippen LogP) is 4.18. The molecule has 0 radical (unpaired) electrons. The summed E-state index contributed by atoms with van der Waals surface area (Å²) >= 11 is 0. The van der Waals surface area contributed by atoms with E-state index in [4.69, 9.17) is 19.2 Å². The average Bonchev–Trinajstić information content (AvgIpc) is 3.22. The fraction of sp³-hybridized carbons (Fsp3) is 0.364. The SMILES string of the molecule is COc1cc2c3c(c1)[C@H](C)CC(C)(C)N3C(=O)C2=Nc1ccc2c(c1)OCO2. The summed E-state index contributed by atoms with van der Waals surface area (Å²) in [7, 11) is 1.65. The van der Waals surface area contributed by atoms with Crippen molar-refractivity contribution >= 4 is 23.0 Å². The smallest absolute Gasteiger partial charge is 0.278 e. The van der Waals surface area contributed by atoms with Crippen LogP contribution in [-0.4, -0.2) is 31.1 Å². The first kappa shape index (κ1) is 17.1. The fourth-order valence-electron chi connectivity index (χ4n) is 4.60. The first-order valence-electron chi connectivity index (χ1n) is 9.44. The summed E-state index contributed by atoms with van der Waals surface area (Å²) in [4.78, 5) is 20.1. The molecule has 3 aliphatic rings. The molecule has 0 N–H and O–H groups in total. The summed E-state index contributed by atoms with van der Waals surface area (Å²) < 4.78 is 16.3. The Balaban J connectivity index is 1.71. The van der Waals surface area contributed by atoms with Crippen LogP contribution >= 0.6 is 0 Å². The van der Waals surface area contributed by atoms with Crippen LogP contribution in [0.15, 0.2) is 35.3 Å². The Morgan fingerprint density at radius 3 is 2.75 bits per heavy atom. The summed E-state index contributed by atoms with van der Waals surface area (Å²) in [5.74, 6) is 2.34. The molecule has 6 nitrogen and oxygen atoms in total. The van der Waals surface area contributed by atoms with Crippen LogP contribution in [0.25, 0.3) is 0 Å². The summed E-state index contributed by atoms with van der Waals surface area (Å²) in [6.45, 7) is 6.63. The minimum Gasteiger partial charge on any atom is -0.497 e. The van der Waals surface area contributed by atoms with Crippen molar-refractivity contribution in [1.29, 1.82) is 0 Å². The van der Waals surface area contributed by atoms with Gasteiger partial charge in [0, 0.05) is 17.2 Å². The summed E-state index contributed by atoms with van der Waals surface area (Å²) in [6, 6.07) is 9.42. The number of carbonyl (C=O) groups excluding carboxylic acids is 1. The third kappa shape index (κ3) is 2.33. The molecule has 0 spiro atoms. The van der Waals surface area contributed by atoms with Crippen molar-refractivity contribution in [1.82, 2.24) is 0 Å². The molecule has 3 heterocycles. The molecule has 144 valence electrons. The van der Waals surface area contributed by atoms with Crippen LogP contribution < -0.4 is 19.1 Å². The van der Waals surface area contributed by atoms with Crippen molar-refractivity contribution in [3.8, 4) is 17.2 Å². The molecular weight excluding hydrogens is 356 g/mol. The second-order valence-electron chi connectivity index (χ2n) is 8.17. The number of amides is 1. The predicted molar refractivity (Wildman–Crippen MR) is 106 cm³/mol. The van der Waals surface area contributed by atoms with Gasteiger partial charge in [-0.3, -0.25) is 4.79 Å². The van der Waals surface area contributed by atoms with Crippen molar-refractivity contribution in [2.45, 2.75) is 38.6 Å². The van der Waals surface area contributed by atoms with Crippen molar-refractivity contribution in [3.63, 3.8) is 0 Å².